The molecular weight excluding hydrogens is 318 g/mol. The van der Waals surface area contributed by atoms with Gasteiger partial charge in [-0.05, 0) is 24.3 Å². The summed E-state index contributed by atoms with van der Waals surface area (Å²) in [5, 5.41) is 9.06. The predicted molar refractivity (Wildman–Crippen MR) is 75.6 cm³/mol. The number of ether oxygens (including phenoxy) is 1. The summed E-state index contributed by atoms with van der Waals surface area (Å²) in [5.74, 6) is -1.43. The molecule has 1 aromatic carbocycles. The molecule has 1 N–H and O–H groups in total. The highest BCUT2D eigenvalue weighted by molar-refractivity contribution is 8.00. The molecule has 0 saturated carbocycles. The van der Waals surface area contributed by atoms with Crippen molar-refractivity contribution in [1.82, 2.24) is 4.31 Å². The molecule has 2 rings (SSSR count). The molecule has 0 spiro atoms. The van der Waals surface area contributed by atoms with Gasteiger partial charge in [-0.3, -0.25) is 4.79 Å². The molecule has 0 aliphatic carbocycles. The molecule has 1 atom stereocenters. The predicted octanol–water partition coefficient (Wildman–Crippen LogP) is 0.621. The highest BCUT2D eigenvalue weighted by Gasteiger charge is 2.40. The molecule has 0 bridgehead atoms. The molecule has 9 heteroatoms. The summed E-state index contributed by atoms with van der Waals surface area (Å²) in [6.07, 6.45) is 0. The highest BCUT2D eigenvalue weighted by Crippen LogP contribution is 2.28. The van der Waals surface area contributed by atoms with Crippen LogP contribution in [0.25, 0.3) is 0 Å². The van der Waals surface area contributed by atoms with Gasteiger partial charge in [0.25, 0.3) is 0 Å². The van der Waals surface area contributed by atoms with Gasteiger partial charge in [0, 0.05) is 5.75 Å². The number of hydrogen-bond acceptors (Lipinski definition) is 6. The number of sulfonamides is 1. The van der Waals surface area contributed by atoms with Crippen LogP contribution in [0.5, 0.6) is 0 Å². The molecule has 1 aromatic rings. The Morgan fingerprint density at radius 3 is 2.48 bits per heavy atom. The van der Waals surface area contributed by atoms with Gasteiger partial charge in [0.1, 0.15) is 6.04 Å². The number of aliphatic carboxylic acids is 1. The Kier molecular flexibility index (Phi) is 4.55. The number of carbonyl (C=O) groups is 2. The lowest BCUT2D eigenvalue weighted by Crippen LogP contribution is -2.41. The number of methoxy groups -OCH3 is 1. The van der Waals surface area contributed by atoms with Gasteiger partial charge < -0.3 is 9.84 Å². The smallest absolute Gasteiger partial charge is 0.337 e. The number of benzene rings is 1. The van der Waals surface area contributed by atoms with Gasteiger partial charge in [0.05, 0.1) is 23.4 Å². The van der Waals surface area contributed by atoms with E-state index in [2.05, 4.69) is 4.74 Å². The minimum Gasteiger partial charge on any atom is -0.480 e. The Balaban J connectivity index is 2.31. The van der Waals surface area contributed by atoms with Gasteiger partial charge in [0.2, 0.25) is 10.0 Å². The Labute approximate surface area is 125 Å². The summed E-state index contributed by atoms with van der Waals surface area (Å²) in [5.41, 5.74) is 0.224. The number of carbonyl (C=O) groups excluding carboxylic acids is 1. The number of nitrogens with zero attached hydrogens (tertiary/aromatic N) is 1. The SMILES string of the molecule is COC(=O)c1ccc(S(=O)(=O)N2CSCC2C(=O)O)cc1. The Hall–Kier alpha value is -1.58. The van der Waals surface area contributed by atoms with Crippen molar-refractivity contribution in [2.24, 2.45) is 0 Å². The van der Waals surface area contributed by atoms with Crippen molar-refractivity contribution in [3.63, 3.8) is 0 Å². The van der Waals surface area contributed by atoms with Crippen LogP contribution in [0, 0.1) is 0 Å². The second-order valence-electron chi connectivity index (χ2n) is 4.26. The van der Waals surface area contributed by atoms with Crippen molar-refractivity contribution in [1.29, 1.82) is 0 Å². The van der Waals surface area contributed by atoms with E-state index in [9.17, 15) is 18.0 Å². The van der Waals surface area contributed by atoms with Crippen LogP contribution in [0.4, 0.5) is 0 Å². The van der Waals surface area contributed by atoms with Crippen LogP contribution in [0.15, 0.2) is 29.2 Å². The number of carboxylic acid groups (broad SMARTS) is 1. The van der Waals surface area contributed by atoms with Crippen molar-refractivity contribution in [2.75, 3.05) is 18.7 Å². The summed E-state index contributed by atoms with van der Waals surface area (Å²) in [7, 11) is -2.67. The van der Waals surface area contributed by atoms with Crippen LogP contribution in [0.1, 0.15) is 10.4 Å². The fraction of sp³-hybridized carbons (Fsp3) is 0.333. The summed E-state index contributed by atoms with van der Waals surface area (Å²) >= 11 is 1.24. The summed E-state index contributed by atoms with van der Waals surface area (Å²) in [4.78, 5) is 22.3. The second-order valence-corrected chi connectivity index (χ2v) is 7.15. The fourth-order valence-electron chi connectivity index (χ4n) is 1.88. The summed E-state index contributed by atoms with van der Waals surface area (Å²) < 4.78 is 30.3. The third-order valence-electron chi connectivity index (χ3n) is 3.01. The topological polar surface area (TPSA) is 101 Å². The zero-order valence-electron chi connectivity index (χ0n) is 11.1. The maximum Gasteiger partial charge on any atom is 0.337 e. The first-order chi connectivity index (χ1) is 9.87. The first-order valence-electron chi connectivity index (χ1n) is 5.88. The van der Waals surface area contributed by atoms with Crippen LogP contribution >= 0.6 is 11.8 Å². The van der Waals surface area contributed by atoms with Crippen LogP contribution < -0.4 is 0 Å². The van der Waals surface area contributed by atoms with E-state index in [0.29, 0.717) is 0 Å². The zero-order chi connectivity index (χ0) is 15.6. The van der Waals surface area contributed by atoms with Crippen LogP contribution in [0.3, 0.4) is 0 Å². The molecule has 114 valence electrons. The molecular formula is C12H13NO6S2. The maximum absolute atomic E-state index is 12.4. The first kappa shape index (κ1) is 15.8. The van der Waals surface area contributed by atoms with Gasteiger partial charge in [-0.25, -0.2) is 13.2 Å². The molecule has 1 saturated heterocycles. The number of carboxylic acids is 1. The average molecular weight is 331 g/mol. The summed E-state index contributed by atoms with van der Waals surface area (Å²) in [6.45, 7) is 0. The van der Waals surface area contributed by atoms with Crippen molar-refractivity contribution < 1.29 is 27.9 Å². The lowest BCUT2D eigenvalue weighted by Gasteiger charge is -2.20. The number of rotatable bonds is 4. The highest BCUT2D eigenvalue weighted by atomic mass is 32.2. The lowest BCUT2D eigenvalue weighted by atomic mass is 10.2. The number of thioether (sulfide) groups is 1. The van der Waals surface area contributed by atoms with Crippen molar-refractivity contribution in [3.8, 4) is 0 Å². The van der Waals surface area contributed by atoms with E-state index in [1.165, 1.54) is 43.1 Å². The largest absolute Gasteiger partial charge is 0.480 e. The van der Waals surface area contributed by atoms with E-state index in [1.807, 2.05) is 0 Å². The Morgan fingerprint density at radius 1 is 1.33 bits per heavy atom. The van der Waals surface area contributed by atoms with Crippen molar-refractivity contribution in [2.45, 2.75) is 10.9 Å². The molecule has 0 aromatic heterocycles. The number of hydrogen-bond donors (Lipinski definition) is 1. The quantitative estimate of drug-likeness (QED) is 0.807. The molecule has 1 fully saturated rings. The van der Waals surface area contributed by atoms with E-state index in [-0.39, 0.29) is 22.1 Å². The van der Waals surface area contributed by atoms with E-state index >= 15 is 0 Å². The van der Waals surface area contributed by atoms with E-state index in [4.69, 9.17) is 5.11 Å². The molecule has 7 nitrogen and oxygen atoms in total. The molecule has 1 heterocycles. The minimum atomic E-state index is -3.90. The molecule has 1 aliphatic rings. The zero-order valence-corrected chi connectivity index (χ0v) is 12.7. The lowest BCUT2D eigenvalue weighted by molar-refractivity contribution is -0.140. The average Bonchev–Trinajstić information content (AvgIpc) is 2.97. The third kappa shape index (κ3) is 3.04. The van der Waals surface area contributed by atoms with Crippen LogP contribution in [-0.4, -0.2) is 54.5 Å². The molecule has 0 radical (unpaired) electrons. The van der Waals surface area contributed by atoms with Gasteiger partial charge in [-0.1, -0.05) is 0 Å². The Bertz CT molecular complexity index is 655. The molecule has 21 heavy (non-hydrogen) atoms. The third-order valence-corrected chi connectivity index (χ3v) is 6.05. The van der Waals surface area contributed by atoms with Crippen molar-refractivity contribution in [3.05, 3.63) is 29.8 Å². The summed E-state index contributed by atoms with van der Waals surface area (Å²) in [6, 6.07) is 4.13. The standard InChI is InChI=1S/C12H13NO6S2/c1-19-12(16)8-2-4-9(5-3-8)21(17,18)13-7-20-6-10(13)11(14)15/h2-5,10H,6-7H2,1H3,(H,14,15). The van der Waals surface area contributed by atoms with Gasteiger partial charge >= 0.3 is 11.9 Å². The monoisotopic (exact) mass is 331 g/mol. The van der Waals surface area contributed by atoms with Gasteiger partial charge in [-0.15, -0.1) is 11.8 Å². The number of esters is 1. The second kappa shape index (κ2) is 6.04. The van der Waals surface area contributed by atoms with E-state index < -0.39 is 28.0 Å². The maximum atomic E-state index is 12.4. The van der Waals surface area contributed by atoms with E-state index in [0.717, 1.165) is 4.31 Å². The van der Waals surface area contributed by atoms with Crippen LogP contribution in [0.2, 0.25) is 0 Å². The normalized spacial score (nSPS) is 19.4. The van der Waals surface area contributed by atoms with Crippen molar-refractivity contribution >= 4 is 33.7 Å². The minimum absolute atomic E-state index is 0.0519. The van der Waals surface area contributed by atoms with E-state index in [1.54, 1.807) is 0 Å². The Morgan fingerprint density at radius 2 is 1.95 bits per heavy atom. The van der Waals surface area contributed by atoms with Gasteiger partial charge in [-0.2, -0.15) is 4.31 Å². The molecule has 1 aliphatic heterocycles. The van der Waals surface area contributed by atoms with Crippen LogP contribution in [-0.2, 0) is 19.6 Å². The van der Waals surface area contributed by atoms with Gasteiger partial charge in [0.15, 0.2) is 0 Å². The first-order valence-corrected chi connectivity index (χ1v) is 8.48. The molecule has 0 amide bonds. The molecule has 1 unspecified atom stereocenters. The fourth-order valence-corrected chi connectivity index (χ4v) is 5.01.